The minimum absolute atomic E-state index is 0.0769. The number of nitriles is 1. The van der Waals surface area contributed by atoms with E-state index >= 15 is 0 Å². The van der Waals surface area contributed by atoms with E-state index in [0.717, 1.165) is 0 Å². The largest absolute Gasteiger partial charge is 0.379 e. The molecule has 0 spiro atoms. The standard InChI is InChI=1S/C11H19NO2/c1-9(13)11(4,8-12)7-6-10(2,3)14-5/h6-7H2,1-5H3. The zero-order valence-corrected chi connectivity index (χ0v) is 9.68. The molecule has 0 aromatic carbocycles. The molecule has 0 aromatic rings. The molecular weight excluding hydrogens is 178 g/mol. The average Bonchev–Trinajstić information content (AvgIpc) is 2.14. The molecule has 0 radical (unpaired) electrons. The van der Waals surface area contributed by atoms with Crippen LogP contribution in [0.5, 0.6) is 0 Å². The Hall–Kier alpha value is -0.880. The molecule has 0 aliphatic heterocycles. The number of hydrogen-bond donors (Lipinski definition) is 0. The van der Waals surface area contributed by atoms with E-state index < -0.39 is 5.41 Å². The summed E-state index contributed by atoms with van der Waals surface area (Å²) < 4.78 is 5.24. The van der Waals surface area contributed by atoms with Gasteiger partial charge < -0.3 is 4.74 Å². The second kappa shape index (κ2) is 4.56. The van der Waals surface area contributed by atoms with Crippen LogP contribution in [0.3, 0.4) is 0 Å². The quantitative estimate of drug-likeness (QED) is 0.679. The SMILES string of the molecule is COC(C)(C)CCC(C)(C#N)C(C)=O. The van der Waals surface area contributed by atoms with Crippen molar-refractivity contribution in [2.75, 3.05) is 7.11 Å². The van der Waals surface area contributed by atoms with Gasteiger partial charge in [-0.15, -0.1) is 0 Å². The van der Waals surface area contributed by atoms with E-state index in [4.69, 9.17) is 10.00 Å². The van der Waals surface area contributed by atoms with E-state index in [1.165, 1.54) is 6.92 Å². The van der Waals surface area contributed by atoms with E-state index in [0.29, 0.717) is 12.8 Å². The lowest BCUT2D eigenvalue weighted by molar-refractivity contribution is -0.123. The third-order valence-corrected chi connectivity index (χ3v) is 2.80. The normalized spacial score (nSPS) is 15.7. The van der Waals surface area contributed by atoms with Crippen LogP contribution in [0.15, 0.2) is 0 Å². The van der Waals surface area contributed by atoms with Gasteiger partial charge in [-0.25, -0.2) is 0 Å². The second-order valence-corrected chi connectivity index (χ2v) is 4.46. The van der Waals surface area contributed by atoms with Crippen LogP contribution >= 0.6 is 0 Å². The summed E-state index contributed by atoms with van der Waals surface area (Å²) in [5.74, 6) is -0.0769. The van der Waals surface area contributed by atoms with Gasteiger partial charge in [-0.1, -0.05) is 0 Å². The van der Waals surface area contributed by atoms with Gasteiger partial charge in [-0.2, -0.15) is 5.26 Å². The molecular formula is C11H19NO2. The minimum atomic E-state index is -0.865. The first-order valence-corrected chi connectivity index (χ1v) is 4.75. The zero-order valence-electron chi connectivity index (χ0n) is 9.68. The predicted molar refractivity (Wildman–Crippen MR) is 54.7 cm³/mol. The van der Waals surface area contributed by atoms with Gasteiger partial charge in [0.15, 0.2) is 0 Å². The smallest absolute Gasteiger partial charge is 0.149 e. The summed E-state index contributed by atoms with van der Waals surface area (Å²) in [5.41, 5.74) is -1.14. The van der Waals surface area contributed by atoms with Gasteiger partial charge in [-0.3, -0.25) is 4.79 Å². The highest BCUT2D eigenvalue weighted by molar-refractivity contribution is 5.84. The van der Waals surface area contributed by atoms with Crippen LogP contribution < -0.4 is 0 Å². The molecule has 3 heteroatoms. The van der Waals surface area contributed by atoms with Crippen molar-refractivity contribution in [3.8, 4) is 6.07 Å². The van der Waals surface area contributed by atoms with Gasteiger partial charge in [0, 0.05) is 7.11 Å². The molecule has 0 N–H and O–H groups in total. The van der Waals surface area contributed by atoms with Gasteiger partial charge in [0.1, 0.15) is 11.2 Å². The maximum atomic E-state index is 11.2. The van der Waals surface area contributed by atoms with Crippen molar-refractivity contribution < 1.29 is 9.53 Å². The second-order valence-electron chi connectivity index (χ2n) is 4.46. The van der Waals surface area contributed by atoms with Gasteiger partial charge in [0.2, 0.25) is 0 Å². The van der Waals surface area contributed by atoms with E-state index in [2.05, 4.69) is 6.07 Å². The van der Waals surface area contributed by atoms with Crippen molar-refractivity contribution in [3.05, 3.63) is 0 Å². The Morgan fingerprint density at radius 1 is 1.36 bits per heavy atom. The van der Waals surface area contributed by atoms with Gasteiger partial charge >= 0.3 is 0 Å². The molecule has 0 saturated carbocycles. The van der Waals surface area contributed by atoms with Crippen LogP contribution in [0, 0.1) is 16.7 Å². The van der Waals surface area contributed by atoms with Crippen molar-refractivity contribution in [1.82, 2.24) is 0 Å². The number of carbonyl (C=O) groups excluding carboxylic acids is 1. The number of nitrogens with zero attached hydrogens (tertiary/aromatic N) is 1. The number of methoxy groups -OCH3 is 1. The third-order valence-electron chi connectivity index (χ3n) is 2.80. The summed E-state index contributed by atoms with van der Waals surface area (Å²) in [5, 5.41) is 8.91. The van der Waals surface area contributed by atoms with Crippen LogP contribution in [-0.4, -0.2) is 18.5 Å². The van der Waals surface area contributed by atoms with E-state index in [9.17, 15) is 4.79 Å². The maximum Gasteiger partial charge on any atom is 0.149 e. The van der Waals surface area contributed by atoms with Gasteiger partial charge in [0.05, 0.1) is 11.7 Å². The first kappa shape index (κ1) is 13.1. The molecule has 0 amide bonds. The van der Waals surface area contributed by atoms with Crippen LogP contribution in [0.4, 0.5) is 0 Å². The Morgan fingerprint density at radius 3 is 2.14 bits per heavy atom. The number of hydrogen-bond acceptors (Lipinski definition) is 3. The lowest BCUT2D eigenvalue weighted by Crippen LogP contribution is -2.29. The lowest BCUT2D eigenvalue weighted by Gasteiger charge is -2.26. The molecule has 0 heterocycles. The average molecular weight is 197 g/mol. The van der Waals surface area contributed by atoms with Crippen molar-refractivity contribution in [2.45, 2.75) is 46.1 Å². The van der Waals surface area contributed by atoms with Gasteiger partial charge in [-0.05, 0) is 40.5 Å². The molecule has 0 fully saturated rings. The number of carbonyl (C=O) groups is 1. The number of rotatable bonds is 5. The van der Waals surface area contributed by atoms with Crippen LogP contribution in [0.2, 0.25) is 0 Å². The summed E-state index contributed by atoms with van der Waals surface area (Å²) in [4.78, 5) is 11.2. The molecule has 0 aliphatic rings. The molecule has 3 nitrogen and oxygen atoms in total. The molecule has 14 heavy (non-hydrogen) atoms. The molecule has 0 saturated heterocycles. The van der Waals surface area contributed by atoms with E-state index in [-0.39, 0.29) is 11.4 Å². The summed E-state index contributed by atoms with van der Waals surface area (Å²) >= 11 is 0. The predicted octanol–water partition coefficient (Wildman–Crippen LogP) is 2.31. The maximum absolute atomic E-state index is 11.2. The molecule has 1 unspecified atom stereocenters. The summed E-state index contributed by atoms with van der Waals surface area (Å²) in [6, 6.07) is 2.07. The van der Waals surface area contributed by atoms with Crippen molar-refractivity contribution in [1.29, 1.82) is 5.26 Å². The highest BCUT2D eigenvalue weighted by Gasteiger charge is 2.32. The molecule has 0 bridgehead atoms. The van der Waals surface area contributed by atoms with Crippen LogP contribution in [-0.2, 0) is 9.53 Å². The van der Waals surface area contributed by atoms with Crippen LogP contribution in [0.25, 0.3) is 0 Å². The van der Waals surface area contributed by atoms with Crippen LogP contribution in [0.1, 0.15) is 40.5 Å². The fourth-order valence-electron chi connectivity index (χ4n) is 0.964. The first-order valence-electron chi connectivity index (χ1n) is 4.75. The summed E-state index contributed by atoms with van der Waals surface area (Å²) in [7, 11) is 1.64. The first-order chi connectivity index (χ1) is 6.27. The molecule has 0 rings (SSSR count). The molecule has 0 aromatic heterocycles. The Balaban J connectivity index is 4.39. The highest BCUT2D eigenvalue weighted by Crippen LogP contribution is 2.28. The molecule has 0 aliphatic carbocycles. The topological polar surface area (TPSA) is 50.1 Å². The Bertz CT molecular complexity index is 253. The summed E-state index contributed by atoms with van der Waals surface area (Å²) in [6.45, 7) is 7.04. The van der Waals surface area contributed by atoms with Gasteiger partial charge in [0.25, 0.3) is 0 Å². The monoisotopic (exact) mass is 197 g/mol. The Labute approximate surface area is 86.1 Å². The van der Waals surface area contributed by atoms with Crippen molar-refractivity contribution in [2.24, 2.45) is 5.41 Å². The highest BCUT2D eigenvalue weighted by atomic mass is 16.5. The fraction of sp³-hybridized carbons (Fsp3) is 0.818. The molecule has 1 atom stereocenters. The Morgan fingerprint density at radius 2 is 1.86 bits per heavy atom. The van der Waals surface area contributed by atoms with E-state index in [1.54, 1.807) is 14.0 Å². The number of ether oxygens (including phenoxy) is 1. The summed E-state index contributed by atoms with van der Waals surface area (Å²) in [6.07, 6.45) is 1.24. The Kier molecular flexibility index (Phi) is 4.28. The fourth-order valence-corrected chi connectivity index (χ4v) is 0.964. The number of ketones is 1. The number of Topliss-reactive ketones (excluding diaryl/α,β-unsaturated/α-hetero) is 1. The van der Waals surface area contributed by atoms with Crippen molar-refractivity contribution in [3.63, 3.8) is 0 Å². The van der Waals surface area contributed by atoms with Crippen molar-refractivity contribution >= 4 is 5.78 Å². The lowest BCUT2D eigenvalue weighted by atomic mass is 9.80. The van der Waals surface area contributed by atoms with E-state index in [1.807, 2.05) is 13.8 Å². The minimum Gasteiger partial charge on any atom is -0.379 e. The zero-order chi connectivity index (χ0) is 11.4. The molecule has 80 valence electrons. The third kappa shape index (κ3) is 3.47.